The molecule has 3 heteroatoms. The summed E-state index contributed by atoms with van der Waals surface area (Å²) in [5.41, 5.74) is 5.30. The molecule has 0 unspecified atom stereocenters. The molecule has 1 rings (SSSR count). The van der Waals surface area contributed by atoms with Gasteiger partial charge in [0.1, 0.15) is 0 Å². The van der Waals surface area contributed by atoms with Gasteiger partial charge in [-0.05, 0) is 6.54 Å². The molecule has 3 N–H and O–H groups in total. The molecule has 0 radical (unpaired) electrons. The van der Waals surface area contributed by atoms with Gasteiger partial charge in [0.05, 0.1) is 0 Å². The highest BCUT2D eigenvalue weighted by Gasteiger charge is 2.23. The lowest BCUT2D eigenvalue weighted by Crippen LogP contribution is -2.58. The normalized spacial score (nSPS) is 22.0. The maximum Gasteiger partial charge on any atom is 0.0431 e. The monoisotopic (exact) mass is 129 g/mol. The second kappa shape index (κ2) is 3.15. The topological polar surface area (TPSA) is 41.3 Å². The number of nitrogens with one attached hydrogen (secondary N) is 1. The molecule has 0 aromatic rings. The van der Waals surface area contributed by atoms with Crippen molar-refractivity contribution >= 4 is 0 Å². The first kappa shape index (κ1) is 6.99. The SMILES string of the molecule is CCN1CC(NCN)C1. The van der Waals surface area contributed by atoms with Gasteiger partial charge in [-0.1, -0.05) is 6.92 Å². The van der Waals surface area contributed by atoms with Crippen molar-refractivity contribution in [2.45, 2.75) is 13.0 Å². The van der Waals surface area contributed by atoms with Crippen LogP contribution in [0.25, 0.3) is 0 Å². The fourth-order valence-electron chi connectivity index (χ4n) is 1.12. The van der Waals surface area contributed by atoms with E-state index in [-0.39, 0.29) is 0 Å². The lowest BCUT2D eigenvalue weighted by Gasteiger charge is -2.38. The van der Waals surface area contributed by atoms with E-state index in [9.17, 15) is 0 Å². The number of hydrogen-bond acceptors (Lipinski definition) is 3. The first-order valence-corrected chi connectivity index (χ1v) is 3.52. The number of nitrogens with two attached hydrogens (primary N) is 1. The van der Waals surface area contributed by atoms with Gasteiger partial charge in [0.2, 0.25) is 0 Å². The van der Waals surface area contributed by atoms with Crippen molar-refractivity contribution in [2.75, 3.05) is 26.3 Å². The Kier molecular flexibility index (Phi) is 2.45. The summed E-state index contributed by atoms with van der Waals surface area (Å²) in [5.74, 6) is 0. The quantitative estimate of drug-likeness (QED) is 0.490. The molecule has 0 bridgehead atoms. The number of nitrogens with zero attached hydrogens (tertiary/aromatic N) is 1. The molecule has 1 aliphatic rings. The van der Waals surface area contributed by atoms with E-state index in [2.05, 4.69) is 17.1 Å². The minimum absolute atomic E-state index is 0.613. The van der Waals surface area contributed by atoms with Crippen molar-refractivity contribution in [3.05, 3.63) is 0 Å². The average Bonchev–Trinajstić information content (AvgIpc) is 1.77. The number of hydrogen-bond donors (Lipinski definition) is 2. The lowest BCUT2D eigenvalue weighted by atomic mass is 10.1. The third-order valence-corrected chi connectivity index (χ3v) is 1.81. The van der Waals surface area contributed by atoms with Gasteiger partial charge in [-0.2, -0.15) is 0 Å². The lowest BCUT2D eigenvalue weighted by molar-refractivity contribution is 0.135. The highest BCUT2D eigenvalue weighted by Crippen LogP contribution is 2.04. The van der Waals surface area contributed by atoms with E-state index < -0.39 is 0 Å². The summed E-state index contributed by atoms with van der Waals surface area (Å²) in [4.78, 5) is 2.38. The second-order valence-electron chi connectivity index (χ2n) is 2.46. The minimum atomic E-state index is 0.613. The molecular weight excluding hydrogens is 114 g/mol. The largest absolute Gasteiger partial charge is 0.318 e. The van der Waals surface area contributed by atoms with Gasteiger partial charge in [0.15, 0.2) is 0 Å². The summed E-state index contributed by atoms with van der Waals surface area (Å²) in [7, 11) is 0. The number of likely N-dealkylation sites (N-methyl/N-ethyl adjacent to an activating group) is 1. The van der Waals surface area contributed by atoms with Gasteiger partial charge < -0.3 is 10.6 Å². The van der Waals surface area contributed by atoms with Gasteiger partial charge >= 0.3 is 0 Å². The smallest absolute Gasteiger partial charge is 0.0431 e. The highest BCUT2D eigenvalue weighted by atomic mass is 15.2. The van der Waals surface area contributed by atoms with Crippen molar-refractivity contribution in [2.24, 2.45) is 5.73 Å². The molecule has 0 spiro atoms. The van der Waals surface area contributed by atoms with E-state index in [0.29, 0.717) is 12.7 Å². The molecular formula is C6H15N3. The van der Waals surface area contributed by atoms with Gasteiger partial charge in [-0.25, -0.2) is 0 Å². The van der Waals surface area contributed by atoms with Crippen LogP contribution >= 0.6 is 0 Å². The van der Waals surface area contributed by atoms with Crippen LogP contribution in [0, 0.1) is 0 Å². The fraction of sp³-hybridized carbons (Fsp3) is 1.00. The van der Waals surface area contributed by atoms with Crippen molar-refractivity contribution in [3.8, 4) is 0 Å². The second-order valence-corrected chi connectivity index (χ2v) is 2.46. The van der Waals surface area contributed by atoms with Crippen LogP contribution in [-0.4, -0.2) is 37.2 Å². The first-order chi connectivity index (χ1) is 4.36. The molecule has 0 atom stereocenters. The van der Waals surface area contributed by atoms with Crippen LogP contribution in [0.2, 0.25) is 0 Å². The zero-order valence-electron chi connectivity index (χ0n) is 5.93. The Labute approximate surface area is 56.2 Å². The van der Waals surface area contributed by atoms with E-state index in [4.69, 9.17) is 5.73 Å². The van der Waals surface area contributed by atoms with Crippen LogP contribution in [0.4, 0.5) is 0 Å². The molecule has 0 aromatic carbocycles. The van der Waals surface area contributed by atoms with Crippen LogP contribution in [-0.2, 0) is 0 Å². The predicted molar refractivity (Wildman–Crippen MR) is 38.1 cm³/mol. The fourth-order valence-corrected chi connectivity index (χ4v) is 1.12. The number of likely N-dealkylation sites (tertiary alicyclic amines) is 1. The van der Waals surface area contributed by atoms with Crippen molar-refractivity contribution < 1.29 is 0 Å². The van der Waals surface area contributed by atoms with Gasteiger partial charge in [0, 0.05) is 25.8 Å². The van der Waals surface area contributed by atoms with Crippen molar-refractivity contribution in [3.63, 3.8) is 0 Å². The maximum atomic E-state index is 5.30. The standard InChI is InChI=1S/C6H15N3/c1-2-9-3-6(4-9)8-5-7/h6,8H,2-5,7H2,1H3. The molecule has 3 nitrogen and oxygen atoms in total. The van der Waals surface area contributed by atoms with Crippen LogP contribution in [0.3, 0.4) is 0 Å². The van der Waals surface area contributed by atoms with Crippen LogP contribution in [0.5, 0.6) is 0 Å². The Morgan fingerprint density at radius 3 is 2.78 bits per heavy atom. The van der Waals surface area contributed by atoms with E-state index in [1.165, 1.54) is 19.6 Å². The number of rotatable bonds is 3. The summed E-state index contributed by atoms with van der Waals surface area (Å²) in [6.45, 7) is 6.31. The molecule has 0 aliphatic carbocycles. The molecule has 0 amide bonds. The molecule has 0 saturated carbocycles. The van der Waals surface area contributed by atoms with Crippen LogP contribution in [0.1, 0.15) is 6.92 Å². The third-order valence-electron chi connectivity index (χ3n) is 1.81. The average molecular weight is 129 g/mol. The summed E-state index contributed by atoms with van der Waals surface area (Å²) in [6.07, 6.45) is 0. The molecule has 1 fully saturated rings. The highest BCUT2D eigenvalue weighted by molar-refractivity contribution is 4.83. The summed E-state index contributed by atoms with van der Waals surface area (Å²) in [6, 6.07) is 0.662. The molecule has 1 aliphatic heterocycles. The van der Waals surface area contributed by atoms with E-state index in [1.807, 2.05) is 0 Å². The first-order valence-electron chi connectivity index (χ1n) is 3.52. The van der Waals surface area contributed by atoms with Gasteiger partial charge in [0.25, 0.3) is 0 Å². The predicted octanol–water partition coefficient (Wildman–Crippen LogP) is -0.804. The molecule has 9 heavy (non-hydrogen) atoms. The van der Waals surface area contributed by atoms with Crippen molar-refractivity contribution in [1.29, 1.82) is 0 Å². The van der Waals surface area contributed by atoms with Gasteiger partial charge in [-0.15, -0.1) is 0 Å². The van der Waals surface area contributed by atoms with E-state index >= 15 is 0 Å². The summed E-state index contributed by atoms with van der Waals surface area (Å²) < 4.78 is 0. The molecule has 54 valence electrons. The molecule has 1 heterocycles. The Bertz CT molecular complexity index is 78.4. The van der Waals surface area contributed by atoms with Gasteiger partial charge in [-0.3, -0.25) is 5.32 Å². The van der Waals surface area contributed by atoms with Crippen molar-refractivity contribution in [1.82, 2.24) is 10.2 Å². The Hall–Kier alpha value is -0.120. The summed E-state index contributed by atoms with van der Waals surface area (Å²) >= 11 is 0. The Morgan fingerprint density at radius 2 is 2.33 bits per heavy atom. The Morgan fingerprint density at radius 1 is 1.67 bits per heavy atom. The zero-order valence-corrected chi connectivity index (χ0v) is 5.93. The Balaban J connectivity index is 1.98. The van der Waals surface area contributed by atoms with E-state index in [0.717, 1.165) is 0 Å². The van der Waals surface area contributed by atoms with Crippen LogP contribution < -0.4 is 11.1 Å². The molecule has 1 saturated heterocycles. The zero-order chi connectivity index (χ0) is 6.69. The minimum Gasteiger partial charge on any atom is -0.318 e. The summed E-state index contributed by atoms with van der Waals surface area (Å²) in [5, 5.41) is 3.18. The maximum absolute atomic E-state index is 5.30. The third kappa shape index (κ3) is 1.64. The van der Waals surface area contributed by atoms with Crippen LogP contribution in [0.15, 0.2) is 0 Å². The molecule has 0 aromatic heterocycles. The van der Waals surface area contributed by atoms with E-state index in [1.54, 1.807) is 0 Å².